The van der Waals surface area contributed by atoms with Gasteiger partial charge < -0.3 is 9.84 Å². The molecule has 3 rings (SSSR count). The topological polar surface area (TPSA) is 85.8 Å². The number of benzene rings is 2. The quantitative estimate of drug-likeness (QED) is 0.447. The summed E-state index contributed by atoms with van der Waals surface area (Å²) in [7, 11) is 2.76. The fraction of sp³-hybridized carbons (Fsp3) is 0.227. The van der Waals surface area contributed by atoms with E-state index in [-0.39, 0.29) is 10.6 Å². The van der Waals surface area contributed by atoms with Gasteiger partial charge in [0.25, 0.3) is 5.56 Å². The summed E-state index contributed by atoms with van der Waals surface area (Å²) in [6.45, 7) is 2.44. The smallest absolute Gasteiger partial charge is 0.333 e. The van der Waals surface area contributed by atoms with Crippen LogP contribution >= 0.6 is 23.4 Å². The summed E-state index contributed by atoms with van der Waals surface area (Å²) < 4.78 is 7.41. The van der Waals surface area contributed by atoms with E-state index in [0.717, 1.165) is 14.7 Å². The van der Waals surface area contributed by atoms with E-state index in [1.165, 1.54) is 25.9 Å². The van der Waals surface area contributed by atoms with E-state index in [9.17, 15) is 14.7 Å². The molecule has 162 valence electrons. The van der Waals surface area contributed by atoms with Crippen LogP contribution in [0.1, 0.15) is 18.1 Å². The van der Waals surface area contributed by atoms with Gasteiger partial charge in [0.1, 0.15) is 16.4 Å². The van der Waals surface area contributed by atoms with E-state index in [2.05, 4.69) is 4.99 Å². The molecule has 9 heteroatoms. The van der Waals surface area contributed by atoms with Gasteiger partial charge in [0.05, 0.1) is 12.3 Å². The number of halogens is 1. The summed E-state index contributed by atoms with van der Waals surface area (Å²) in [5, 5.41) is 11.5. The highest BCUT2D eigenvalue weighted by Gasteiger charge is 2.21. The largest absolute Gasteiger partial charge is 0.494 e. The van der Waals surface area contributed by atoms with Crippen molar-refractivity contribution in [2.45, 2.75) is 12.7 Å². The third-order valence-corrected chi connectivity index (χ3v) is 5.94. The molecule has 0 fully saturated rings. The average molecular weight is 460 g/mol. The molecule has 0 saturated carbocycles. The van der Waals surface area contributed by atoms with Crippen LogP contribution in [0.2, 0.25) is 5.02 Å². The molecule has 0 saturated heterocycles. The molecular weight excluding hydrogens is 438 g/mol. The first-order valence-corrected chi connectivity index (χ1v) is 10.9. The maximum Gasteiger partial charge on any atom is 0.333 e. The number of aromatic nitrogens is 2. The summed E-state index contributed by atoms with van der Waals surface area (Å²) in [6.07, 6.45) is 0. The van der Waals surface area contributed by atoms with Crippen molar-refractivity contribution in [1.29, 1.82) is 0 Å². The second kappa shape index (κ2) is 9.89. The van der Waals surface area contributed by atoms with Crippen molar-refractivity contribution in [3.63, 3.8) is 0 Å². The molecule has 1 aromatic heterocycles. The first kappa shape index (κ1) is 22.7. The Morgan fingerprint density at radius 3 is 2.42 bits per heavy atom. The summed E-state index contributed by atoms with van der Waals surface area (Å²) in [6, 6.07) is 14.4. The van der Waals surface area contributed by atoms with Crippen molar-refractivity contribution in [3.05, 3.63) is 85.5 Å². The van der Waals surface area contributed by atoms with E-state index in [1.807, 2.05) is 25.1 Å². The number of hydrogen-bond acceptors (Lipinski definition) is 6. The molecule has 0 aliphatic rings. The van der Waals surface area contributed by atoms with Crippen LogP contribution in [0.5, 0.6) is 11.6 Å². The van der Waals surface area contributed by atoms with E-state index in [4.69, 9.17) is 16.3 Å². The fourth-order valence-corrected chi connectivity index (χ4v) is 4.16. The molecule has 0 aliphatic carbocycles. The molecule has 0 atom stereocenters. The highest BCUT2D eigenvalue weighted by molar-refractivity contribution is 8.13. The van der Waals surface area contributed by atoms with Crippen molar-refractivity contribution in [1.82, 2.24) is 9.13 Å². The minimum Gasteiger partial charge on any atom is -0.494 e. The zero-order valence-electron chi connectivity index (χ0n) is 17.3. The monoisotopic (exact) mass is 459 g/mol. The molecule has 1 heterocycles. The number of ether oxygens (including phenoxy) is 1. The lowest BCUT2D eigenvalue weighted by Gasteiger charge is -2.13. The summed E-state index contributed by atoms with van der Waals surface area (Å²) >= 11 is 7.52. The van der Waals surface area contributed by atoms with Gasteiger partial charge in [-0.1, -0.05) is 29.8 Å². The lowest BCUT2D eigenvalue weighted by molar-refractivity contribution is 0.340. The third-order valence-electron chi connectivity index (χ3n) is 4.55. The van der Waals surface area contributed by atoms with Gasteiger partial charge in [0.2, 0.25) is 5.88 Å². The first-order valence-electron chi connectivity index (χ1n) is 9.50. The van der Waals surface area contributed by atoms with Gasteiger partial charge >= 0.3 is 5.69 Å². The van der Waals surface area contributed by atoms with Crippen molar-refractivity contribution in [2.24, 2.45) is 19.1 Å². The number of hydrogen-bond donors (Lipinski definition) is 1. The zero-order chi connectivity index (χ0) is 22.5. The lowest BCUT2D eigenvalue weighted by atomic mass is 10.2. The van der Waals surface area contributed by atoms with Crippen LogP contribution in [-0.4, -0.2) is 25.9 Å². The number of aromatic hydroxyl groups is 1. The number of rotatable bonds is 6. The van der Waals surface area contributed by atoms with Crippen molar-refractivity contribution >= 4 is 34.1 Å². The summed E-state index contributed by atoms with van der Waals surface area (Å²) in [5.74, 6) is 0.679. The Balaban J connectivity index is 2.10. The van der Waals surface area contributed by atoms with Crippen molar-refractivity contribution < 1.29 is 9.84 Å². The Labute approximate surface area is 188 Å². The van der Waals surface area contributed by atoms with Crippen LogP contribution in [0.3, 0.4) is 0 Å². The molecule has 0 unspecified atom stereocenters. The van der Waals surface area contributed by atoms with E-state index >= 15 is 0 Å². The Morgan fingerprint density at radius 1 is 1.10 bits per heavy atom. The number of thioether (sulfide) groups is 1. The highest BCUT2D eigenvalue weighted by atomic mass is 35.5. The molecule has 0 radical (unpaired) electrons. The molecule has 0 amide bonds. The van der Waals surface area contributed by atoms with Gasteiger partial charge in [0.15, 0.2) is 0 Å². The van der Waals surface area contributed by atoms with E-state index in [1.54, 1.807) is 30.3 Å². The maximum atomic E-state index is 12.9. The van der Waals surface area contributed by atoms with Crippen LogP contribution in [0.15, 0.2) is 63.1 Å². The molecule has 1 N–H and O–H groups in total. The second-order valence-corrected chi connectivity index (χ2v) is 8.00. The minimum absolute atomic E-state index is 0.0458. The van der Waals surface area contributed by atoms with Crippen LogP contribution in [-0.2, 0) is 19.8 Å². The molecule has 0 spiro atoms. The van der Waals surface area contributed by atoms with Gasteiger partial charge in [0, 0.05) is 24.9 Å². The summed E-state index contributed by atoms with van der Waals surface area (Å²) in [4.78, 5) is 29.6. The predicted molar refractivity (Wildman–Crippen MR) is 125 cm³/mol. The molecule has 0 aliphatic heterocycles. The SMILES string of the molecule is CCOc1ccc(N=C(SCc2ccccc2Cl)c2c(O)n(C)c(=O)n(C)c2=O)cc1. The third kappa shape index (κ3) is 5.03. The van der Waals surface area contributed by atoms with Crippen LogP contribution in [0, 0.1) is 0 Å². The zero-order valence-corrected chi connectivity index (χ0v) is 18.9. The molecule has 2 aromatic carbocycles. The fourth-order valence-electron chi connectivity index (χ4n) is 2.84. The Morgan fingerprint density at radius 2 is 1.77 bits per heavy atom. The average Bonchev–Trinajstić information content (AvgIpc) is 2.77. The van der Waals surface area contributed by atoms with E-state index < -0.39 is 17.1 Å². The minimum atomic E-state index is -0.628. The number of nitrogens with zero attached hydrogens (tertiary/aromatic N) is 3. The Hall–Kier alpha value is -2.97. The molecule has 7 nitrogen and oxygen atoms in total. The van der Waals surface area contributed by atoms with Gasteiger partial charge in [-0.3, -0.25) is 13.9 Å². The second-order valence-electron chi connectivity index (χ2n) is 6.63. The Kier molecular flexibility index (Phi) is 7.25. The van der Waals surface area contributed by atoms with Crippen LogP contribution < -0.4 is 16.0 Å². The molecule has 0 bridgehead atoms. The maximum absolute atomic E-state index is 12.9. The summed E-state index contributed by atoms with van der Waals surface area (Å²) in [5.41, 5.74) is 0.130. The lowest BCUT2D eigenvalue weighted by Crippen LogP contribution is -2.39. The van der Waals surface area contributed by atoms with Crippen LogP contribution in [0.4, 0.5) is 5.69 Å². The van der Waals surface area contributed by atoms with Gasteiger partial charge in [-0.05, 0) is 42.8 Å². The van der Waals surface area contributed by atoms with Crippen molar-refractivity contribution in [3.8, 4) is 11.6 Å². The van der Waals surface area contributed by atoms with E-state index in [0.29, 0.717) is 28.8 Å². The molecular formula is C22H22ClN3O4S. The highest BCUT2D eigenvalue weighted by Crippen LogP contribution is 2.28. The Bertz CT molecular complexity index is 1230. The van der Waals surface area contributed by atoms with Crippen molar-refractivity contribution in [2.75, 3.05) is 6.61 Å². The van der Waals surface area contributed by atoms with Gasteiger partial charge in [-0.15, -0.1) is 11.8 Å². The molecule has 31 heavy (non-hydrogen) atoms. The van der Waals surface area contributed by atoms with Gasteiger partial charge in [-0.2, -0.15) is 0 Å². The standard InChI is InChI=1S/C22H22ClN3O4S/c1-4-30-16-11-9-15(10-12-16)24-19(31-13-14-7-5-6-8-17(14)23)18-20(27)25(2)22(29)26(3)21(18)28/h5-12,27H,4,13H2,1-3H3. The molecule has 3 aromatic rings. The number of aliphatic imine (C=N–C) groups is 1. The normalized spacial score (nSPS) is 11.5. The van der Waals surface area contributed by atoms with Gasteiger partial charge in [-0.25, -0.2) is 9.79 Å². The van der Waals surface area contributed by atoms with Crippen LogP contribution in [0.25, 0.3) is 0 Å². The first-order chi connectivity index (χ1) is 14.8. The predicted octanol–water partition coefficient (Wildman–Crippen LogP) is 3.85.